The lowest BCUT2D eigenvalue weighted by Gasteiger charge is -2.23. The van der Waals surface area contributed by atoms with Crippen molar-refractivity contribution in [3.05, 3.63) is 53.6 Å². The zero-order valence-corrected chi connectivity index (χ0v) is 18.4. The summed E-state index contributed by atoms with van der Waals surface area (Å²) in [6.45, 7) is 4.44. The van der Waals surface area contributed by atoms with Gasteiger partial charge in [0.1, 0.15) is 5.52 Å². The van der Waals surface area contributed by atoms with E-state index in [9.17, 15) is 13.2 Å². The van der Waals surface area contributed by atoms with Crippen LogP contribution in [0.4, 0.5) is 6.01 Å². The first kappa shape index (κ1) is 21.3. The van der Waals surface area contributed by atoms with Crippen LogP contribution in [0, 0.1) is 13.8 Å². The van der Waals surface area contributed by atoms with Crippen molar-refractivity contribution >= 4 is 33.0 Å². The molecule has 1 aliphatic rings. The number of carbonyl (C=O) groups excluding carboxylic acids is 1. The van der Waals surface area contributed by atoms with Crippen LogP contribution in [0.15, 0.2) is 51.8 Å². The number of nitrogens with one attached hydrogen (secondary N) is 2. The molecule has 164 valence electrons. The largest absolute Gasteiger partial charge is 0.423 e. The molecule has 8 nitrogen and oxygen atoms in total. The normalized spacial score (nSPS) is 16.7. The van der Waals surface area contributed by atoms with Crippen LogP contribution in [-0.4, -0.2) is 45.0 Å². The molecule has 1 aliphatic heterocycles. The van der Waals surface area contributed by atoms with Crippen LogP contribution >= 0.6 is 0 Å². The van der Waals surface area contributed by atoms with Crippen LogP contribution in [-0.2, 0) is 14.8 Å². The standard InChI is InChI=1S/C22H26N4O4S/c1-15-9-10-16(2)20(12-15)31(28,29)24-14-21(27)23-13-17-6-5-11-26(17)22-25-18-7-3-4-8-19(18)30-22/h3-4,7-10,12,17,24H,5-6,11,13-14H2,1-2H3,(H,23,27)/t17-/m1/s1. The van der Waals surface area contributed by atoms with Crippen molar-refractivity contribution in [1.82, 2.24) is 15.0 Å². The van der Waals surface area contributed by atoms with Gasteiger partial charge in [0, 0.05) is 13.1 Å². The van der Waals surface area contributed by atoms with E-state index in [2.05, 4.69) is 19.9 Å². The maximum atomic E-state index is 12.6. The van der Waals surface area contributed by atoms with Crippen molar-refractivity contribution in [1.29, 1.82) is 0 Å². The summed E-state index contributed by atoms with van der Waals surface area (Å²) in [5.41, 5.74) is 3.01. The van der Waals surface area contributed by atoms with Crippen molar-refractivity contribution in [2.75, 3.05) is 24.5 Å². The average Bonchev–Trinajstić information content (AvgIpc) is 3.38. The van der Waals surface area contributed by atoms with E-state index in [0.717, 1.165) is 36.0 Å². The number of fused-ring (bicyclic) bond motifs is 1. The first-order chi connectivity index (χ1) is 14.8. The third kappa shape index (κ3) is 4.72. The van der Waals surface area contributed by atoms with Crippen LogP contribution < -0.4 is 14.9 Å². The van der Waals surface area contributed by atoms with E-state index >= 15 is 0 Å². The number of amides is 1. The van der Waals surface area contributed by atoms with E-state index in [1.54, 1.807) is 19.1 Å². The van der Waals surface area contributed by atoms with Gasteiger partial charge in [0.2, 0.25) is 15.9 Å². The number of para-hydroxylation sites is 2. The molecule has 0 spiro atoms. The second kappa shape index (κ2) is 8.68. The Balaban J connectivity index is 1.34. The summed E-state index contributed by atoms with van der Waals surface area (Å²) in [6.07, 6.45) is 1.87. The summed E-state index contributed by atoms with van der Waals surface area (Å²) in [5.74, 6) is -0.377. The minimum absolute atomic E-state index is 0.0487. The highest BCUT2D eigenvalue weighted by Gasteiger charge is 2.29. The van der Waals surface area contributed by atoms with Gasteiger partial charge in [-0.05, 0) is 56.0 Å². The third-order valence-corrected chi connectivity index (χ3v) is 7.04. The van der Waals surface area contributed by atoms with Gasteiger partial charge in [-0.2, -0.15) is 4.98 Å². The minimum atomic E-state index is -3.76. The van der Waals surface area contributed by atoms with E-state index in [0.29, 0.717) is 18.1 Å². The molecule has 1 fully saturated rings. The van der Waals surface area contributed by atoms with Gasteiger partial charge in [-0.15, -0.1) is 0 Å². The third-order valence-electron chi connectivity index (χ3n) is 5.50. The molecule has 2 heterocycles. The predicted molar refractivity (Wildman–Crippen MR) is 118 cm³/mol. The Bertz CT molecular complexity index is 1170. The Morgan fingerprint density at radius 2 is 2.03 bits per heavy atom. The molecule has 9 heteroatoms. The molecule has 0 bridgehead atoms. The quantitative estimate of drug-likeness (QED) is 0.583. The number of carbonyl (C=O) groups is 1. The first-order valence-corrected chi connectivity index (χ1v) is 11.8. The van der Waals surface area contributed by atoms with E-state index in [-0.39, 0.29) is 23.4 Å². The van der Waals surface area contributed by atoms with Crippen molar-refractivity contribution in [2.45, 2.75) is 37.6 Å². The van der Waals surface area contributed by atoms with Crippen molar-refractivity contribution in [2.24, 2.45) is 0 Å². The Morgan fingerprint density at radius 1 is 1.23 bits per heavy atom. The van der Waals surface area contributed by atoms with E-state index in [1.165, 1.54) is 0 Å². The van der Waals surface area contributed by atoms with E-state index in [4.69, 9.17) is 4.42 Å². The van der Waals surface area contributed by atoms with E-state index in [1.807, 2.05) is 37.3 Å². The molecule has 0 radical (unpaired) electrons. The maximum Gasteiger partial charge on any atom is 0.298 e. The topological polar surface area (TPSA) is 105 Å². The molecule has 1 atom stereocenters. The monoisotopic (exact) mass is 442 g/mol. The summed E-state index contributed by atoms with van der Waals surface area (Å²) in [4.78, 5) is 19.1. The molecule has 3 aromatic rings. The summed E-state index contributed by atoms with van der Waals surface area (Å²) in [7, 11) is -3.76. The zero-order chi connectivity index (χ0) is 22.0. The molecule has 2 N–H and O–H groups in total. The fraction of sp³-hybridized carbons (Fsp3) is 0.364. The Morgan fingerprint density at radius 3 is 2.84 bits per heavy atom. The number of anilines is 1. The number of sulfonamides is 1. The van der Waals surface area contributed by atoms with Gasteiger partial charge in [-0.1, -0.05) is 24.3 Å². The number of benzene rings is 2. The summed E-state index contributed by atoms with van der Waals surface area (Å²) in [5, 5.41) is 2.83. The number of rotatable bonds is 7. The predicted octanol–water partition coefficient (Wildman–Crippen LogP) is 2.51. The van der Waals surface area contributed by atoms with Gasteiger partial charge in [0.05, 0.1) is 17.5 Å². The average molecular weight is 443 g/mol. The number of hydrogen-bond acceptors (Lipinski definition) is 6. The van der Waals surface area contributed by atoms with Crippen LogP contribution in [0.1, 0.15) is 24.0 Å². The zero-order valence-electron chi connectivity index (χ0n) is 17.6. The highest BCUT2D eigenvalue weighted by Crippen LogP contribution is 2.28. The van der Waals surface area contributed by atoms with Crippen LogP contribution in [0.2, 0.25) is 0 Å². The first-order valence-electron chi connectivity index (χ1n) is 10.3. The smallest absolute Gasteiger partial charge is 0.298 e. The highest BCUT2D eigenvalue weighted by atomic mass is 32.2. The highest BCUT2D eigenvalue weighted by molar-refractivity contribution is 7.89. The molecule has 1 aromatic heterocycles. The summed E-state index contributed by atoms with van der Waals surface area (Å²) in [6, 6.07) is 13.4. The fourth-order valence-corrected chi connectivity index (χ4v) is 5.12. The maximum absolute atomic E-state index is 12.6. The van der Waals surface area contributed by atoms with Gasteiger partial charge < -0.3 is 14.6 Å². The van der Waals surface area contributed by atoms with Crippen LogP contribution in [0.5, 0.6) is 0 Å². The van der Waals surface area contributed by atoms with Gasteiger partial charge in [-0.3, -0.25) is 4.79 Å². The molecule has 0 saturated carbocycles. The number of hydrogen-bond donors (Lipinski definition) is 2. The molecule has 0 aliphatic carbocycles. The van der Waals surface area contributed by atoms with Gasteiger partial charge in [0.25, 0.3) is 6.01 Å². The Labute approximate surface area is 181 Å². The van der Waals surface area contributed by atoms with Gasteiger partial charge >= 0.3 is 0 Å². The van der Waals surface area contributed by atoms with Gasteiger partial charge in [-0.25, -0.2) is 13.1 Å². The lowest BCUT2D eigenvalue weighted by molar-refractivity contribution is -0.120. The number of aryl methyl sites for hydroxylation is 2. The van der Waals surface area contributed by atoms with Gasteiger partial charge in [0.15, 0.2) is 5.58 Å². The SMILES string of the molecule is Cc1ccc(C)c(S(=O)(=O)NCC(=O)NC[C@H]2CCCN2c2nc3ccccc3o2)c1. The number of nitrogens with zero attached hydrogens (tertiary/aromatic N) is 2. The second-order valence-corrected chi connectivity index (χ2v) is 9.59. The lowest BCUT2D eigenvalue weighted by Crippen LogP contribution is -2.44. The summed E-state index contributed by atoms with van der Waals surface area (Å²) < 4.78 is 33.4. The number of aromatic nitrogens is 1. The lowest BCUT2D eigenvalue weighted by atomic mass is 10.2. The van der Waals surface area contributed by atoms with Crippen LogP contribution in [0.3, 0.4) is 0 Å². The fourth-order valence-electron chi connectivity index (χ4n) is 3.81. The second-order valence-electron chi connectivity index (χ2n) is 7.85. The Hall–Kier alpha value is -2.91. The summed E-state index contributed by atoms with van der Waals surface area (Å²) >= 11 is 0. The van der Waals surface area contributed by atoms with E-state index < -0.39 is 10.0 Å². The molecule has 1 amide bonds. The minimum Gasteiger partial charge on any atom is -0.423 e. The molecular formula is C22H26N4O4S. The van der Waals surface area contributed by atoms with Crippen molar-refractivity contribution < 1.29 is 17.6 Å². The van der Waals surface area contributed by atoms with Crippen LogP contribution in [0.25, 0.3) is 11.1 Å². The Kier molecular flexibility index (Phi) is 5.97. The number of oxazole rings is 1. The molecule has 31 heavy (non-hydrogen) atoms. The molecular weight excluding hydrogens is 416 g/mol. The molecule has 1 saturated heterocycles. The molecule has 4 rings (SSSR count). The van der Waals surface area contributed by atoms with Crippen molar-refractivity contribution in [3.63, 3.8) is 0 Å². The molecule has 0 unspecified atom stereocenters. The van der Waals surface area contributed by atoms with Crippen molar-refractivity contribution in [3.8, 4) is 0 Å². The molecule has 2 aromatic carbocycles.